The lowest BCUT2D eigenvalue weighted by Crippen LogP contribution is -2.46. The van der Waals surface area contributed by atoms with E-state index in [9.17, 15) is 9.59 Å². The fraction of sp³-hybridized carbons (Fsp3) is 0.333. The van der Waals surface area contributed by atoms with Crippen LogP contribution in [0.1, 0.15) is 23.2 Å². The van der Waals surface area contributed by atoms with Gasteiger partial charge >= 0.3 is 0 Å². The number of nitrogens with zero attached hydrogens (tertiary/aromatic N) is 2. The van der Waals surface area contributed by atoms with Crippen LogP contribution >= 0.6 is 0 Å². The summed E-state index contributed by atoms with van der Waals surface area (Å²) >= 11 is 0. The molecular weight excluding hydrogens is 282 g/mol. The Morgan fingerprint density at radius 2 is 2.27 bits per heavy atom. The molecule has 1 saturated heterocycles. The zero-order valence-electron chi connectivity index (χ0n) is 12.0. The van der Waals surface area contributed by atoms with Gasteiger partial charge in [-0.05, 0) is 31.5 Å². The van der Waals surface area contributed by atoms with E-state index in [1.165, 1.54) is 6.20 Å². The van der Waals surface area contributed by atoms with Gasteiger partial charge in [-0.25, -0.2) is 4.98 Å². The number of nitrogens with one attached hydrogen (secondary N) is 3. The van der Waals surface area contributed by atoms with Crippen LogP contribution in [0.4, 0.5) is 0 Å². The van der Waals surface area contributed by atoms with Crippen molar-refractivity contribution >= 4 is 5.91 Å². The molecule has 1 fully saturated rings. The Hall–Kier alpha value is -2.54. The molecule has 0 unspecified atom stereocenters. The summed E-state index contributed by atoms with van der Waals surface area (Å²) in [7, 11) is 0. The Morgan fingerprint density at radius 3 is 2.95 bits per heavy atom. The molecule has 1 aliphatic heterocycles. The van der Waals surface area contributed by atoms with Gasteiger partial charge in [-0.1, -0.05) is 0 Å². The topological polar surface area (TPSA) is 99.8 Å². The lowest BCUT2D eigenvalue weighted by molar-refractivity contribution is 0.0929. The van der Waals surface area contributed by atoms with Crippen LogP contribution in [0.3, 0.4) is 0 Å². The highest BCUT2D eigenvalue weighted by atomic mass is 16.2. The molecule has 2 aromatic heterocycles. The van der Waals surface area contributed by atoms with Gasteiger partial charge in [0.1, 0.15) is 11.4 Å². The van der Waals surface area contributed by atoms with Gasteiger partial charge in [0.2, 0.25) is 0 Å². The Morgan fingerprint density at radius 1 is 1.36 bits per heavy atom. The predicted octanol–water partition coefficient (Wildman–Crippen LogP) is 0.314. The number of carbonyl (C=O) groups is 1. The van der Waals surface area contributed by atoms with Crippen molar-refractivity contribution in [1.29, 1.82) is 0 Å². The van der Waals surface area contributed by atoms with E-state index in [0.29, 0.717) is 11.4 Å². The van der Waals surface area contributed by atoms with E-state index >= 15 is 0 Å². The maximum Gasteiger partial charge on any atom is 0.264 e. The van der Waals surface area contributed by atoms with Crippen LogP contribution in [0.15, 0.2) is 35.5 Å². The molecule has 114 valence electrons. The Kier molecular flexibility index (Phi) is 4.24. The zero-order valence-corrected chi connectivity index (χ0v) is 12.0. The molecule has 3 rings (SSSR count). The second-order valence-electron chi connectivity index (χ2n) is 5.23. The van der Waals surface area contributed by atoms with Gasteiger partial charge in [-0.2, -0.15) is 0 Å². The predicted molar refractivity (Wildman–Crippen MR) is 81.4 cm³/mol. The molecule has 2 aromatic rings. The second kappa shape index (κ2) is 6.48. The summed E-state index contributed by atoms with van der Waals surface area (Å²) in [6.45, 7) is 1.69. The van der Waals surface area contributed by atoms with Gasteiger partial charge in [0.05, 0.1) is 0 Å². The summed E-state index contributed by atoms with van der Waals surface area (Å²) in [5.74, 6) is 0.00849. The first-order valence-electron chi connectivity index (χ1n) is 7.25. The van der Waals surface area contributed by atoms with Crippen LogP contribution in [0, 0.1) is 0 Å². The molecule has 22 heavy (non-hydrogen) atoms. The number of piperidine rings is 1. The van der Waals surface area contributed by atoms with Crippen molar-refractivity contribution in [2.45, 2.75) is 18.9 Å². The van der Waals surface area contributed by atoms with E-state index in [1.807, 2.05) is 0 Å². The summed E-state index contributed by atoms with van der Waals surface area (Å²) in [5, 5.41) is 6.08. The van der Waals surface area contributed by atoms with Crippen LogP contribution in [0.2, 0.25) is 0 Å². The third-order valence-corrected chi connectivity index (χ3v) is 3.61. The maximum atomic E-state index is 12.2. The molecule has 0 aromatic carbocycles. The number of hydrogen-bond acceptors (Lipinski definition) is 5. The minimum atomic E-state index is -0.449. The lowest BCUT2D eigenvalue weighted by Gasteiger charge is -2.23. The maximum absolute atomic E-state index is 12.2. The summed E-state index contributed by atoms with van der Waals surface area (Å²) in [4.78, 5) is 35.0. The van der Waals surface area contributed by atoms with E-state index in [2.05, 4.69) is 25.6 Å². The fourth-order valence-electron chi connectivity index (χ4n) is 2.44. The molecule has 3 heterocycles. The minimum absolute atomic E-state index is 0.0261. The summed E-state index contributed by atoms with van der Waals surface area (Å²) < 4.78 is 0. The number of H-pyrrole nitrogens is 1. The second-order valence-corrected chi connectivity index (χ2v) is 5.23. The third-order valence-electron chi connectivity index (χ3n) is 3.61. The number of rotatable bonds is 3. The van der Waals surface area contributed by atoms with Gasteiger partial charge in [-0.15, -0.1) is 0 Å². The summed E-state index contributed by atoms with van der Waals surface area (Å²) in [6.07, 6.45) is 6.48. The third kappa shape index (κ3) is 3.20. The van der Waals surface area contributed by atoms with Crippen molar-refractivity contribution in [3.63, 3.8) is 0 Å². The number of pyridine rings is 1. The largest absolute Gasteiger partial charge is 0.348 e. The molecule has 1 amide bonds. The highest BCUT2D eigenvalue weighted by Gasteiger charge is 2.18. The highest BCUT2D eigenvalue weighted by Crippen LogP contribution is 2.10. The van der Waals surface area contributed by atoms with Crippen LogP contribution in [-0.4, -0.2) is 40.0 Å². The molecule has 0 bridgehead atoms. The van der Waals surface area contributed by atoms with Crippen molar-refractivity contribution in [1.82, 2.24) is 25.6 Å². The van der Waals surface area contributed by atoms with Crippen molar-refractivity contribution in [2.24, 2.45) is 0 Å². The molecule has 7 nitrogen and oxygen atoms in total. The number of amides is 1. The number of carbonyl (C=O) groups excluding carboxylic acids is 1. The lowest BCUT2D eigenvalue weighted by atomic mass is 10.1. The molecule has 1 aliphatic rings. The fourth-order valence-corrected chi connectivity index (χ4v) is 2.44. The van der Waals surface area contributed by atoms with E-state index < -0.39 is 5.56 Å². The van der Waals surface area contributed by atoms with Crippen LogP contribution in [0.5, 0.6) is 0 Å². The molecule has 7 heteroatoms. The highest BCUT2D eigenvalue weighted by molar-refractivity contribution is 5.93. The number of aromatic nitrogens is 3. The van der Waals surface area contributed by atoms with E-state index in [-0.39, 0.29) is 17.5 Å². The van der Waals surface area contributed by atoms with Gasteiger partial charge in [0, 0.05) is 36.7 Å². The molecule has 0 spiro atoms. The van der Waals surface area contributed by atoms with Crippen molar-refractivity contribution in [2.75, 3.05) is 13.1 Å². The molecular formula is C15H17N5O2. The van der Waals surface area contributed by atoms with Gasteiger partial charge in [-0.3, -0.25) is 14.6 Å². The smallest absolute Gasteiger partial charge is 0.264 e. The molecule has 1 atom stereocenters. The first kappa shape index (κ1) is 14.4. The van der Waals surface area contributed by atoms with Crippen molar-refractivity contribution in [3.8, 4) is 11.4 Å². The number of hydrogen-bond donors (Lipinski definition) is 3. The van der Waals surface area contributed by atoms with Gasteiger partial charge in [0.25, 0.3) is 11.5 Å². The van der Waals surface area contributed by atoms with Crippen molar-refractivity contribution in [3.05, 3.63) is 46.6 Å². The molecule has 3 N–H and O–H groups in total. The standard InChI is InChI=1S/C15H17N5O2/c21-14(19-11-4-2-6-17-8-11)12-9-18-13(20-15(12)22)10-3-1-5-16-7-10/h1,3,5,7,9,11,17H,2,4,6,8H2,(H,19,21)(H,18,20,22)/t11-/m1/s1. The number of aromatic amines is 1. The average Bonchev–Trinajstić information content (AvgIpc) is 2.56. The van der Waals surface area contributed by atoms with Crippen LogP contribution in [0.25, 0.3) is 11.4 Å². The monoisotopic (exact) mass is 299 g/mol. The van der Waals surface area contributed by atoms with Crippen LogP contribution < -0.4 is 16.2 Å². The van der Waals surface area contributed by atoms with E-state index in [4.69, 9.17) is 0 Å². The molecule has 0 aliphatic carbocycles. The van der Waals surface area contributed by atoms with Crippen molar-refractivity contribution < 1.29 is 4.79 Å². The van der Waals surface area contributed by atoms with E-state index in [0.717, 1.165) is 25.9 Å². The van der Waals surface area contributed by atoms with E-state index in [1.54, 1.807) is 24.5 Å². The molecule has 0 radical (unpaired) electrons. The average molecular weight is 299 g/mol. The van der Waals surface area contributed by atoms with Gasteiger partial charge in [0.15, 0.2) is 0 Å². The SMILES string of the molecule is O=C(N[C@@H]1CCCNC1)c1cnc(-c2cccnc2)[nH]c1=O. The Bertz CT molecular complexity index is 707. The summed E-state index contributed by atoms with van der Waals surface area (Å²) in [5.41, 5.74) is 0.274. The zero-order chi connectivity index (χ0) is 15.4. The minimum Gasteiger partial charge on any atom is -0.348 e. The van der Waals surface area contributed by atoms with Crippen LogP contribution in [-0.2, 0) is 0 Å². The summed E-state index contributed by atoms with van der Waals surface area (Å²) in [6, 6.07) is 3.60. The van der Waals surface area contributed by atoms with Gasteiger partial charge < -0.3 is 15.6 Å². The first-order chi connectivity index (χ1) is 10.7. The quantitative estimate of drug-likeness (QED) is 0.757. The Labute approximate surface area is 127 Å². The normalized spacial score (nSPS) is 17.9. The Balaban J connectivity index is 1.77. The molecule has 0 saturated carbocycles. The first-order valence-corrected chi connectivity index (χ1v) is 7.25.